The van der Waals surface area contributed by atoms with Crippen molar-refractivity contribution in [2.45, 2.75) is 37.6 Å². The van der Waals surface area contributed by atoms with Crippen molar-refractivity contribution in [3.63, 3.8) is 0 Å². The number of benzene rings is 1. The second-order valence-corrected chi connectivity index (χ2v) is 14.9. The Balaban J connectivity index is 0.000000313. The number of carboxylic acid groups (broad SMARTS) is 1. The molecule has 0 aliphatic carbocycles. The largest absolute Gasteiger partial charge is 0.481 e. The number of halogens is 2. The van der Waals surface area contributed by atoms with Crippen molar-refractivity contribution in [2.24, 2.45) is 0 Å². The van der Waals surface area contributed by atoms with Crippen LogP contribution in [0.3, 0.4) is 0 Å². The van der Waals surface area contributed by atoms with Gasteiger partial charge in [0.05, 0.1) is 29.6 Å². The van der Waals surface area contributed by atoms with Gasteiger partial charge in [0.2, 0.25) is 5.69 Å². The highest BCUT2D eigenvalue weighted by Crippen LogP contribution is 2.62. The molecule has 14 heteroatoms. The summed E-state index contributed by atoms with van der Waals surface area (Å²) in [6.45, 7) is 5.44. The summed E-state index contributed by atoms with van der Waals surface area (Å²) in [7, 11) is 0. The third kappa shape index (κ3) is 12.5. The van der Waals surface area contributed by atoms with Gasteiger partial charge < -0.3 is 28.9 Å². The topological polar surface area (TPSA) is 113 Å². The molecule has 0 amide bonds. The van der Waals surface area contributed by atoms with E-state index in [0.717, 1.165) is 21.5 Å². The first-order valence-corrected chi connectivity index (χ1v) is 16.1. The van der Waals surface area contributed by atoms with Gasteiger partial charge >= 0.3 is 5.97 Å². The molecule has 0 spiro atoms. The van der Waals surface area contributed by atoms with Crippen molar-refractivity contribution in [2.75, 3.05) is 24.8 Å². The Labute approximate surface area is 222 Å². The van der Waals surface area contributed by atoms with Crippen LogP contribution < -0.4 is 0 Å². The smallest absolute Gasteiger partial charge is 0.323 e. The molecule has 1 aliphatic heterocycles. The van der Waals surface area contributed by atoms with Gasteiger partial charge in [-0.15, -0.1) is 11.8 Å². The van der Waals surface area contributed by atoms with Gasteiger partial charge in [0.25, 0.3) is 5.95 Å². The second-order valence-electron chi connectivity index (χ2n) is 6.36. The number of carboxylic acids is 1. The average molecular weight is 593 g/mol. The number of furan rings is 1. The highest BCUT2D eigenvalue weighted by atomic mass is 35.5. The maximum absolute atomic E-state index is 10.2. The molecule has 0 saturated carbocycles. The van der Waals surface area contributed by atoms with Crippen LogP contribution in [0.15, 0.2) is 45.9 Å². The van der Waals surface area contributed by atoms with E-state index in [1.807, 2.05) is 19.9 Å². The Morgan fingerprint density at radius 3 is 2.38 bits per heavy atom. The lowest BCUT2D eigenvalue weighted by Gasteiger charge is -2.19. The summed E-state index contributed by atoms with van der Waals surface area (Å²) in [6.07, 6.45) is 2.74. The maximum atomic E-state index is 10.2. The van der Waals surface area contributed by atoms with Crippen LogP contribution in [0.2, 0.25) is 10.0 Å². The highest BCUT2D eigenvalue weighted by Gasteiger charge is 2.28. The first-order chi connectivity index (χ1) is 16.1. The minimum Gasteiger partial charge on any atom is -0.481 e. The summed E-state index contributed by atoms with van der Waals surface area (Å²) in [4.78, 5) is 11.2. The summed E-state index contributed by atoms with van der Waals surface area (Å²) < 4.78 is 15.5. The Hall–Kier alpha value is -0.460. The molecule has 3 rings (SSSR count). The lowest BCUT2D eigenvalue weighted by atomic mass is 10.2. The van der Waals surface area contributed by atoms with E-state index in [-0.39, 0.29) is 5.95 Å². The van der Waals surface area contributed by atoms with Gasteiger partial charge in [0.15, 0.2) is 0 Å². The first-order valence-electron chi connectivity index (χ1n) is 10.1. The van der Waals surface area contributed by atoms with Gasteiger partial charge in [-0.2, -0.15) is 5.06 Å². The van der Waals surface area contributed by atoms with Crippen LogP contribution in [0.5, 0.6) is 5.95 Å². The lowest BCUT2D eigenvalue weighted by molar-refractivity contribution is -0.160. The van der Waals surface area contributed by atoms with Crippen LogP contribution in [0.25, 0.3) is 0 Å². The number of aliphatic carboxylic acids is 1. The molecule has 2 heterocycles. The van der Waals surface area contributed by atoms with E-state index in [1.54, 1.807) is 30.0 Å². The number of rotatable bonds is 9. The molecule has 1 aromatic carbocycles. The molecule has 8 nitrogen and oxygen atoms in total. The molecule has 1 fully saturated rings. The molecular formula is C20H28Cl2NO7PS3. The van der Waals surface area contributed by atoms with E-state index in [9.17, 15) is 4.79 Å². The molecule has 1 aliphatic rings. The average Bonchev–Trinajstić information content (AvgIpc) is 3.43. The number of aromatic hydroxyl groups is 1. The van der Waals surface area contributed by atoms with Crippen molar-refractivity contribution in [1.29, 1.82) is 0 Å². The molecule has 1 atom stereocenters. The minimum atomic E-state index is -2.23. The number of thioether (sulfide) groups is 1. The van der Waals surface area contributed by atoms with E-state index in [4.69, 9.17) is 59.5 Å². The zero-order valence-corrected chi connectivity index (χ0v) is 23.5. The molecule has 2 aromatic rings. The molecule has 34 heavy (non-hydrogen) atoms. The minimum absolute atomic E-state index is 0.0324. The molecule has 3 N–H and O–H groups in total. The van der Waals surface area contributed by atoms with Crippen molar-refractivity contribution in [3.8, 4) is 5.95 Å². The fraction of sp³-hybridized carbons (Fsp3) is 0.450. The number of carbonyl (C=O) groups is 1. The van der Waals surface area contributed by atoms with E-state index in [1.165, 1.54) is 23.7 Å². The number of nitrogens with zero attached hydrogens (tertiary/aromatic N) is 1. The first kappa shape index (κ1) is 31.6. The quantitative estimate of drug-likeness (QED) is 0.159. The number of hydrogen-bond donors (Lipinski definition) is 3. The van der Waals surface area contributed by atoms with Gasteiger partial charge in [-0.25, -0.2) is 0 Å². The summed E-state index contributed by atoms with van der Waals surface area (Å²) in [5.74, 6) is -0.968. The van der Waals surface area contributed by atoms with Crippen LogP contribution in [0, 0.1) is 0 Å². The molecule has 192 valence electrons. The van der Waals surface area contributed by atoms with E-state index in [0.29, 0.717) is 36.2 Å². The molecule has 1 saturated heterocycles. The highest BCUT2D eigenvalue weighted by molar-refractivity contribution is 8.69. The number of hydroxylamine groups is 2. The van der Waals surface area contributed by atoms with Crippen molar-refractivity contribution in [3.05, 3.63) is 46.6 Å². The summed E-state index contributed by atoms with van der Waals surface area (Å²) >= 11 is 20.6. The normalized spacial score (nSPS) is 15.7. The third-order valence-corrected chi connectivity index (χ3v) is 11.7. The summed E-state index contributed by atoms with van der Waals surface area (Å²) in [5.41, 5.74) is -2.23. The van der Waals surface area contributed by atoms with E-state index < -0.39 is 17.7 Å². The van der Waals surface area contributed by atoms with Crippen molar-refractivity contribution >= 4 is 69.8 Å². The zero-order chi connectivity index (χ0) is 25.6. The van der Waals surface area contributed by atoms with E-state index >= 15 is 0 Å². The Bertz CT molecular complexity index is 898. The van der Waals surface area contributed by atoms with Gasteiger partial charge in [-0.1, -0.05) is 34.6 Å². The van der Waals surface area contributed by atoms with Gasteiger partial charge in [0, 0.05) is 22.5 Å². The second kappa shape index (κ2) is 17.1. The van der Waals surface area contributed by atoms with Crippen LogP contribution in [-0.2, 0) is 25.6 Å². The van der Waals surface area contributed by atoms with Crippen LogP contribution in [0.1, 0.15) is 26.7 Å². The predicted octanol–water partition coefficient (Wildman–Crippen LogP) is 6.98. The van der Waals surface area contributed by atoms with Gasteiger partial charge in [0.1, 0.15) is 6.04 Å². The Morgan fingerprint density at radius 2 is 1.97 bits per heavy atom. The Morgan fingerprint density at radius 1 is 1.29 bits per heavy atom. The monoisotopic (exact) mass is 591 g/mol. The fourth-order valence-corrected chi connectivity index (χ4v) is 9.98. The molecule has 1 aromatic heterocycles. The van der Waals surface area contributed by atoms with Crippen LogP contribution in [-0.4, -0.2) is 57.3 Å². The van der Waals surface area contributed by atoms with Crippen molar-refractivity contribution in [1.82, 2.24) is 5.06 Å². The van der Waals surface area contributed by atoms with Crippen molar-refractivity contribution < 1.29 is 33.7 Å². The zero-order valence-electron chi connectivity index (χ0n) is 18.6. The fourth-order valence-electron chi connectivity index (χ4n) is 2.44. The van der Waals surface area contributed by atoms with E-state index in [2.05, 4.69) is 4.42 Å². The Kier molecular flexibility index (Phi) is 15.9. The lowest BCUT2D eigenvalue weighted by Crippen LogP contribution is -2.32. The van der Waals surface area contributed by atoms with Gasteiger partial charge in [-0.05, 0) is 62.8 Å². The van der Waals surface area contributed by atoms with Crippen LogP contribution >= 0.6 is 52.0 Å². The number of hydrogen-bond acceptors (Lipinski definition) is 10. The van der Waals surface area contributed by atoms with Crippen LogP contribution in [0.4, 0.5) is 0 Å². The third-order valence-electron chi connectivity index (χ3n) is 3.91. The maximum Gasteiger partial charge on any atom is 0.323 e. The molecule has 0 bridgehead atoms. The summed E-state index contributed by atoms with van der Waals surface area (Å²) in [5, 5.41) is 28.5. The molecule has 1 unspecified atom stereocenters. The predicted molar refractivity (Wildman–Crippen MR) is 142 cm³/mol. The molecular weight excluding hydrogens is 564 g/mol. The summed E-state index contributed by atoms with van der Waals surface area (Å²) in [6, 6.07) is 7.84. The van der Waals surface area contributed by atoms with Gasteiger partial charge in [-0.3, -0.25) is 4.79 Å². The standard InChI is InChI=1S/C11H15Cl2O2PS3.C5H9NO3.C4H4O2/c1-3-14-16(17,15-4-2)19-8-18-11-7-9(12)5-6-10(11)13;7-5(8)4-2-1-3-6(4)9;5-4-2-1-3-6-4/h5-7H,3-4,8H2,1-2H3;4,9H,1-3H2,(H,7,8);1-3,5H. The molecule has 0 radical (unpaired) electrons. The SMILES string of the molecule is CCOP(=S)(OCC)SCSc1cc(Cl)ccc1Cl.O=C(O)C1CCCN1O.Oc1ccco1.